The average Bonchev–Trinajstić information content (AvgIpc) is 1.58. The van der Waals surface area contributed by atoms with E-state index in [1.807, 2.05) is 18.2 Å². The van der Waals surface area contributed by atoms with Gasteiger partial charge in [-0.25, -0.2) is 0 Å². The Morgan fingerprint density at radius 2 is 1.10 bits per heavy atom. The molecule has 12 fully saturated rings. The number of nitrogens with zero attached hydrogens (tertiary/aromatic N) is 2. The summed E-state index contributed by atoms with van der Waals surface area (Å²) in [5.74, 6) is -1.12. The Hall–Kier alpha value is -5.91. The number of ether oxygens (including phenoxy) is 7. The van der Waals surface area contributed by atoms with Crippen molar-refractivity contribution >= 4 is 50.4 Å². The van der Waals surface area contributed by atoms with Gasteiger partial charge in [-0.15, -0.1) is 0 Å². The molecule has 0 spiro atoms. The van der Waals surface area contributed by atoms with E-state index < -0.39 is 142 Å². The molecule has 1 aliphatic carbocycles. The Kier molecular flexibility index (Phi) is 24.5. The molecule has 101 heavy (non-hydrogen) atoms. The smallest absolute Gasteiger partial charge is 0.220 e. The number of allylic oxidation sites excluding steroid dienone is 8. The number of aliphatic hydroxyl groups is 10. The highest BCUT2D eigenvalue weighted by Crippen LogP contribution is 2.51. The van der Waals surface area contributed by atoms with E-state index in [2.05, 4.69) is 145 Å². The molecular formula is C78H105N4O19+. The SMILES string of the molecule is CC1(C)C(/C=C/C=C/C=C/C=C2/N(CCCCCC(=O)NC3[C@H](O)[C@H]4CCCO[C@H]5[C@H](O)[C@@H](O)C(O[C@@H]5CO)O[C@@H]3[C@@H](CO)O4)c3ccc4ccccc4c3C2(C)C)=[N+](CCCCCC(=O)N[C@H]2[C@H](O)[C@@H]3C[C@H](CO)[C@H]2OCCC[C@H]2O[C@H](CO)C(O3)[C@H](O)[C@H]2O)c2ccc3ccccc3c21. The van der Waals surface area contributed by atoms with Crippen molar-refractivity contribution in [3.63, 3.8) is 0 Å². The predicted molar refractivity (Wildman–Crippen MR) is 377 cm³/mol. The minimum atomic E-state index is -1.60. The normalized spacial score (nSPS) is 34.5. The first-order valence-corrected chi connectivity index (χ1v) is 36.6. The summed E-state index contributed by atoms with van der Waals surface area (Å²) in [4.78, 5) is 30.2. The van der Waals surface area contributed by atoms with Gasteiger partial charge < -0.3 is 99.8 Å². The first-order valence-electron chi connectivity index (χ1n) is 36.6. The monoisotopic (exact) mass is 1400 g/mol. The lowest BCUT2D eigenvalue weighted by molar-refractivity contribution is -0.438. The molecule has 18 rings (SSSR count). The first-order chi connectivity index (χ1) is 48.8. The van der Waals surface area contributed by atoms with Crippen LogP contribution in [-0.4, -0.2) is 242 Å². The largest absolute Gasteiger partial charge is 0.396 e. The molecule has 0 aromatic heterocycles. The second kappa shape index (κ2) is 33.0. The number of nitrogens with one attached hydrogen (secondary N) is 2. The zero-order valence-electron chi connectivity index (χ0n) is 58.4. The number of amides is 2. The molecule has 12 N–H and O–H groups in total. The maximum absolute atomic E-state index is 13.9. The van der Waals surface area contributed by atoms with Crippen LogP contribution < -0.4 is 15.5 Å². The van der Waals surface area contributed by atoms with Crippen LogP contribution in [0, 0.1) is 5.92 Å². The molecule has 4 aromatic rings. The van der Waals surface area contributed by atoms with E-state index >= 15 is 0 Å². The van der Waals surface area contributed by atoms with Gasteiger partial charge in [0, 0.05) is 86.1 Å². The molecule has 11 saturated heterocycles. The van der Waals surface area contributed by atoms with Gasteiger partial charge in [-0.3, -0.25) is 9.59 Å². The Bertz CT molecular complexity index is 3670. The standard InChI is InChI=1S/C78H104N4O19/c1-77(2)58(81(50-34-32-45-22-14-16-24-48(45)62(50)77)36-18-8-12-30-60(87)79-64-67(90)54-40-47(41-83)72(64)95-38-21-27-53-68(91)69(92)75(99-54)57(44-86)98-53)28-10-6-5-7-11-29-59-78(3,4)63-49-25-17-15-23-46(49)33-35-51(63)82(59)37-19-9-13-31-61(88)80-65-66(89)52-26-20-39-96-74-56(43-85)100-76(71(94)70(74)93)101-73(65)55(42-84)97-52/h5-7,10-11,14-17,22-25,28-29,32-35,47,52-57,64-76,83-86,89-94H,8-9,12-13,18-21,26-27,30-31,36-44H2,1-4H3,(H-,79,80,87,88)/p+1/t47-,52-,53-,54+,55-,56-,57-,64+,65?,66-,67-,68+,69-,70-,71-,72-,73-,74-,75?,76?/m1/s1. The molecule has 550 valence electrons. The Labute approximate surface area is 590 Å². The van der Waals surface area contributed by atoms with Gasteiger partial charge in [0.05, 0.1) is 61.7 Å². The lowest BCUT2D eigenvalue weighted by Crippen LogP contribution is -2.67. The van der Waals surface area contributed by atoms with Crippen molar-refractivity contribution in [2.45, 2.75) is 238 Å². The second-order valence-electron chi connectivity index (χ2n) is 29.6. The topological polar surface area (TPSA) is 331 Å². The molecule has 14 aliphatic rings. The molecule has 23 heteroatoms. The van der Waals surface area contributed by atoms with Crippen molar-refractivity contribution in [3.05, 3.63) is 132 Å². The van der Waals surface area contributed by atoms with Crippen LogP contribution in [0.1, 0.15) is 122 Å². The van der Waals surface area contributed by atoms with E-state index in [1.54, 1.807) is 0 Å². The fourth-order valence-corrected chi connectivity index (χ4v) is 17.1. The second-order valence-corrected chi connectivity index (χ2v) is 29.6. The molecule has 4 aromatic carbocycles. The lowest BCUT2D eigenvalue weighted by atomic mass is 9.79. The first kappa shape index (κ1) is 74.8. The van der Waals surface area contributed by atoms with E-state index in [1.165, 1.54) is 27.3 Å². The molecule has 13 heterocycles. The fourth-order valence-electron chi connectivity index (χ4n) is 17.1. The highest BCUT2D eigenvalue weighted by atomic mass is 16.7. The van der Waals surface area contributed by atoms with Crippen LogP contribution in [0.15, 0.2) is 121 Å². The molecule has 2 amide bonds. The third-order valence-electron chi connectivity index (χ3n) is 22.3. The van der Waals surface area contributed by atoms with E-state index in [0.29, 0.717) is 58.0 Å². The van der Waals surface area contributed by atoms with Crippen LogP contribution in [-0.2, 0) is 53.6 Å². The van der Waals surface area contributed by atoms with Gasteiger partial charge in [0.15, 0.2) is 12.0 Å². The summed E-state index contributed by atoms with van der Waals surface area (Å²) in [5, 5.41) is 120. The highest BCUT2D eigenvalue weighted by molar-refractivity contribution is 6.07. The summed E-state index contributed by atoms with van der Waals surface area (Å²) in [5.41, 5.74) is 6.35. The summed E-state index contributed by atoms with van der Waals surface area (Å²) in [6.45, 7) is 8.93. The summed E-state index contributed by atoms with van der Waals surface area (Å²) >= 11 is 0. The van der Waals surface area contributed by atoms with Crippen molar-refractivity contribution in [1.29, 1.82) is 0 Å². The van der Waals surface area contributed by atoms with Crippen LogP contribution in [0.25, 0.3) is 21.5 Å². The number of aliphatic hydroxyl groups excluding tert-OH is 10. The fraction of sp³-hybridized carbons (Fsp3) is 0.603. The quantitative estimate of drug-likeness (QED) is 0.0288. The van der Waals surface area contributed by atoms with E-state index in [-0.39, 0.29) is 61.7 Å². The number of hydrogen-bond donors (Lipinski definition) is 12. The maximum Gasteiger partial charge on any atom is 0.220 e. The molecule has 13 aliphatic heterocycles. The molecule has 23 nitrogen and oxygen atoms in total. The Morgan fingerprint density at radius 1 is 0.535 bits per heavy atom. The summed E-state index contributed by atoms with van der Waals surface area (Å²) in [6, 6.07) is 23.7. The third-order valence-corrected chi connectivity index (χ3v) is 22.3. The summed E-state index contributed by atoms with van der Waals surface area (Å²) in [6.07, 6.45) is 1.34. The number of anilines is 1. The minimum absolute atomic E-state index is 0.102. The van der Waals surface area contributed by atoms with Crippen LogP contribution in [0.3, 0.4) is 0 Å². The van der Waals surface area contributed by atoms with E-state index in [9.17, 15) is 60.7 Å². The Balaban J connectivity index is 0.694. The van der Waals surface area contributed by atoms with Crippen molar-refractivity contribution in [2.75, 3.05) is 57.6 Å². The number of rotatable bonds is 22. The molecule has 8 bridgehead atoms. The molecule has 0 radical (unpaired) electrons. The van der Waals surface area contributed by atoms with Crippen molar-refractivity contribution < 1.29 is 98.4 Å². The number of fused-ring (bicyclic) bond motifs is 6. The van der Waals surface area contributed by atoms with Crippen LogP contribution in [0.4, 0.5) is 11.4 Å². The van der Waals surface area contributed by atoms with Crippen molar-refractivity contribution in [3.8, 4) is 0 Å². The number of hydrogen-bond acceptors (Lipinski definition) is 20. The highest BCUT2D eigenvalue weighted by Gasteiger charge is 2.55. The van der Waals surface area contributed by atoms with E-state index in [4.69, 9.17) is 33.2 Å². The summed E-state index contributed by atoms with van der Waals surface area (Å²) in [7, 11) is 0. The van der Waals surface area contributed by atoms with Gasteiger partial charge in [0.25, 0.3) is 0 Å². The molecule has 3 unspecified atom stereocenters. The average molecular weight is 1400 g/mol. The van der Waals surface area contributed by atoms with Gasteiger partial charge in [0.1, 0.15) is 79.8 Å². The molecule has 1 saturated carbocycles. The molecular weight excluding hydrogens is 1300 g/mol. The number of benzene rings is 4. The lowest BCUT2D eigenvalue weighted by Gasteiger charge is -2.47. The number of carbonyl (C=O) groups is 2. The minimum Gasteiger partial charge on any atom is -0.396 e. The van der Waals surface area contributed by atoms with Crippen molar-refractivity contribution in [2.24, 2.45) is 5.92 Å². The van der Waals surface area contributed by atoms with Crippen LogP contribution in [0.5, 0.6) is 0 Å². The summed E-state index contributed by atoms with van der Waals surface area (Å²) < 4.78 is 44.9. The van der Waals surface area contributed by atoms with Crippen LogP contribution in [0.2, 0.25) is 0 Å². The van der Waals surface area contributed by atoms with Gasteiger partial charge >= 0.3 is 0 Å². The van der Waals surface area contributed by atoms with Crippen molar-refractivity contribution in [1.82, 2.24) is 10.6 Å². The van der Waals surface area contributed by atoms with Gasteiger partial charge in [0.2, 0.25) is 17.5 Å². The predicted octanol–water partition coefficient (Wildman–Crippen LogP) is 4.72. The van der Waals surface area contributed by atoms with E-state index in [0.717, 1.165) is 47.4 Å². The van der Waals surface area contributed by atoms with Gasteiger partial charge in [-0.05, 0) is 117 Å². The third kappa shape index (κ3) is 15.6. The van der Waals surface area contributed by atoms with Gasteiger partial charge in [-0.2, -0.15) is 4.58 Å². The Morgan fingerprint density at radius 3 is 1.77 bits per heavy atom. The maximum atomic E-state index is 13.9. The number of carbonyl (C=O) groups excluding carboxylic acids is 2. The molecule has 20 atom stereocenters. The van der Waals surface area contributed by atoms with Gasteiger partial charge in [-0.1, -0.05) is 105 Å². The number of unbranched alkanes of at least 4 members (excludes halogenated alkanes) is 4. The van der Waals surface area contributed by atoms with Crippen LogP contribution >= 0.6 is 0 Å². The zero-order valence-corrected chi connectivity index (χ0v) is 58.4. The zero-order chi connectivity index (χ0) is 71.3.